The summed E-state index contributed by atoms with van der Waals surface area (Å²) >= 11 is 0. The maximum atomic E-state index is 12.3. The molecule has 2 fully saturated rings. The second kappa shape index (κ2) is 5.27. The fraction of sp³-hybridized carbons (Fsp3) is 0.500. The molecular formula is C16H20N2O2. The van der Waals surface area contributed by atoms with Crippen molar-refractivity contribution < 1.29 is 9.59 Å². The summed E-state index contributed by atoms with van der Waals surface area (Å²) < 4.78 is 0. The molecule has 4 nitrogen and oxygen atoms in total. The predicted octanol–water partition coefficient (Wildman–Crippen LogP) is 2.54. The summed E-state index contributed by atoms with van der Waals surface area (Å²) in [4.78, 5) is 26.0. The van der Waals surface area contributed by atoms with Gasteiger partial charge in [-0.05, 0) is 31.9 Å². The molecule has 0 unspecified atom stereocenters. The third-order valence-electron chi connectivity index (χ3n) is 4.43. The first kappa shape index (κ1) is 13.2. The molecule has 1 saturated heterocycles. The highest BCUT2D eigenvalue weighted by Gasteiger charge is 2.47. The molecule has 1 aromatic rings. The number of rotatable bonds is 3. The molecule has 1 N–H and O–H groups in total. The van der Waals surface area contributed by atoms with E-state index in [1.807, 2.05) is 31.2 Å². The number of fused-ring (bicyclic) bond motifs is 1. The summed E-state index contributed by atoms with van der Waals surface area (Å²) in [7, 11) is 0. The highest BCUT2D eigenvalue weighted by molar-refractivity contribution is 6.05. The number of anilines is 1. The summed E-state index contributed by atoms with van der Waals surface area (Å²) in [5, 5.41) is 3.17. The molecule has 106 valence electrons. The Morgan fingerprint density at radius 2 is 1.60 bits per heavy atom. The van der Waals surface area contributed by atoms with Crippen LogP contribution in [0.3, 0.4) is 0 Å². The lowest BCUT2D eigenvalue weighted by atomic mass is 9.81. The molecule has 2 amide bonds. The molecule has 0 bridgehead atoms. The minimum absolute atomic E-state index is 0.0133. The summed E-state index contributed by atoms with van der Waals surface area (Å²) in [6, 6.07) is 7.95. The van der Waals surface area contributed by atoms with E-state index >= 15 is 0 Å². The maximum absolute atomic E-state index is 12.3. The zero-order valence-corrected chi connectivity index (χ0v) is 11.8. The Balaban J connectivity index is 1.66. The van der Waals surface area contributed by atoms with Gasteiger partial charge in [-0.2, -0.15) is 0 Å². The molecule has 2 aliphatic rings. The van der Waals surface area contributed by atoms with Crippen molar-refractivity contribution in [2.45, 2.75) is 32.6 Å². The number of aryl methyl sites for hydroxylation is 1. The highest BCUT2D eigenvalue weighted by atomic mass is 16.2. The van der Waals surface area contributed by atoms with Gasteiger partial charge in [0.05, 0.1) is 18.5 Å². The number of carbonyl (C=O) groups excluding carboxylic acids is 2. The Bertz CT molecular complexity index is 500. The van der Waals surface area contributed by atoms with Crippen molar-refractivity contribution in [3.63, 3.8) is 0 Å². The zero-order chi connectivity index (χ0) is 14.1. The monoisotopic (exact) mass is 272 g/mol. The van der Waals surface area contributed by atoms with Gasteiger partial charge in [-0.3, -0.25) is 14.5 Å². The molecule has 3 rings (SSSR count). The van der Waals surface area contributed by atoms with Gasteiger partial charge in [-0.25, -0.2) is 0 Å². The zero-order valence-electron chi connectivity index (χ0n) is 11.8. The molecular weight excluding hydrogens is 252 g/mol. The second-order valence-electron chi connectivity index (χ2n) is 5.80. The Morgan fingerprint density at radius 3 is 2.15 bits per heavy atom. The predicted molar refractivity (Wildman–Crippen MR) is 77.0 cm³/mol. The summed E-state index contributed by atoms with van der Waals surface area (Å²) in [6.45, 7) is 2.32. The summed E-state index contributed by atoms with van der Waals surface area (Å²) in [5.41, 5.74) is 2.13. The van der Waals surface area contributed by atoms with E-state index in [2.05, 4.69) is 5.32 Å². The van der Waals surface area contributed by atoms with Crippen LogP contribution in [0.2, 0.25) is 0 Å². The molecule has 1 aliphatic carbocycles. The Morgan fingerprint density at radius 1 is 1.05 bits per heavy atom. The van der Waals surface area contributed by atoms with Crippen LogP contribution in [-0.4, -0.2) is 23.4 Å². The van der Waals surface area contributed by atoms with Crippen LogP contribution in [0, 0.1) is 18.8 Å². The normalized spacial score (nSPS) is 25.8. The van der Waals surface area contributed by atoms with Crippen molar-refractivity contribution in [2.24, 2.45) is 11.8 Å². The highest BCUT2D eigenvalue weighted by Crippen LogP contribution is 2.37. The molecule has 2 atom stereocenters. The molecule has 1 heterocycles. The number of hydrogen-bond donors (Lipinski definition) is 1. The number of imide groups is 1. The topological polar surface area (TPSA) is 49.4 Å². The smallest absolute Gasteiger partial charge is 0.234 e. The average molecular weight is 272 g/mol. The van der Waals surface area contributed by atoms with Crippen LogP contribution in [0.4, 0.5) is 5.69 Å². The second-order valence-corrected chi connectivity index (χ2v) is 5.80. The van der Waals surface area contributed by atoms with E-state index in [1.165, 1.54) is 10.5 Å². The van der Waals surface area contributed by atoms with Crippen LogP contribution >= 0.6 is 0 Å². The summed E-state index contributed by atoms with van der Waals surface area (Å²) in [5.74, 6) is -0.0919. The van der Waals surface area contributed by atoms with E-state index < -0.39 is 0 Å². The van der Waals surface area contributed by atoms with Gasteiger partial charge < -0.3 is 5.32 Å². The third kappa shape index (κ3) is 2.30. The van der Waals surface area contributed by atoms with Crippen LogP contribution in [0.15, 0.2) is 24.3 Å². The number of likely N-dealkylation sites (tertiary alicyclic amines) is 1. The molecule has 0 spiro atoms. The van der Waals surface area contributed by atoms with Crippen LogP contribution in [0.1, 0.15) is 31.2 Å². The lowest BCUT2D eigenvalue weighted by molar-refractivity contribution is -0.139. The van der Waals surface area contributed by atoms with Gasteiger partial charge in [0.2, 0.25) is 11.8 Å². The first-order valence-corrected chi connectivity index (χ1v) is 7.32. The van der Waals surface area contributed by atoms with Gasteiger partial charge in [0.1, 0.15) is 0 Å². The fourth-order valence-electron chi connectivity index (χ4n) is 3.23. The Hall–Kier alpha value is -1.84. The minimum Gasteiger partial charge on any atom is -0.367 e. The standard InChI is InChI=1S/C16H20N2O2/c1-11-6-8-12(9-7-11)17-10-18-15(19)13-4-2-3-5-14(13)16(18)20/h6-9,13-14,17H,2-5,10H2,1H3/t13-,14-/m1/s1. The molecule has 1 aromatic carbocycles. The van der Waals surface area contributed by atoms with Crippen molar-refractivity contribution >= 4 is 17.5 Å². The van der Waals surface area contributed by atoms with E-state index in [4.69, 9.17) is 0 Å². The van der Waals surface area contributed by atoms with Gasteiger partial charge in [-0.15, -0.1) is 0 Å². The SMILES string of the molecule is Cc1ccc(NCN2C(=O)[C@@H]3CCCC[C@H]3C2=O)cc1. The third-order valence-corrected chi connectivity index (χ3v) is 4.43. The van der Waals surface area contributed by atoms with E-state index in [1.54, 1.807) is 0 Å². The van der Waals surface area contributed by atoms with E-state index in [-0.39, 0.29) is 30.3 Å². The maximum Gasteiger partial charge on any atom is 0.234 e. The number of nitrogens with one attached hydrogen (secondary N) is 1. The molecule has 1 saturated carbocycles. The van der Waals surface area contributed by atoms with Gasteiger partial charge in [0, 0.05) is 5.69 Å². The molecule has 1 aliphatic heterocycles. The van der Waals surface area contributed by atoms with Crippen LogP contribution in [-0.2, 0) is 9.59 Å². The molecule has 0 radical (unpaired) electrons. The Labute approximate surface area is 119 Å². The van der Waals surface area contributed by atoms with Crippen molar-refractivity contribution in [3.05, 3.63) is 29.8 Å². The fourth-order valence-corrected chi connectivity index (χ4v) is 3.23. The van der Waals surface area contributed by atoms with Gasteiger partial charge in [0.15, 0.2) is 0 Å². The lowest BCUT2D eigenvalue weighted by Gasteiger charge is -2.19. The number of benzene rings is 1. The average Bonchev–Trinajstić information content (AvgIpc) is 2.71. The van der Waals surface area contributed by atoms with Crippen molar-refractivity contribution in [2.75, 3.05) is 12.0 Å². The van der Waals surface area contributed by atoms with Crippen LogP contribution in [0.5, 0.6) is 0 Å². The first-order valence-electron chi connectivity index (χ1n) is 7.32. The molecule has 4 heteroatoms. The van der Waals surface area contributed by atoms with Gasteiger partial charge in [-0.1, -0.05) is 30.5 Å². The summed E-state index contributed by atoms with van der Waals surface area (Å²) in [6.07, 6.45) is 3.88. The lowest BCUT2D eigenvalue weighted by Crippen LogP contribution is -2.35. The number of nitrogens with zero attached hydrogens (tertiary/aromatic N) is 1. The molecule has 20 heavy (non-hydrogen) atoms. The van der Waals surface area contributed by atoms with Crippen LogP contribution in [0.25, 0.3) is 0 Å². The van der Waals surface area contributed by atoms with Crippen molar-refractivity contribution in [1.82, 2.24) is 4.90 Å². The first-order chi connectivity index (χ1) is 9.66. The minimum atomic E-state index is -0.0592. The number of hydrogen-bond acceptors (Lipinski definition) is 3. The van der Waals surface area contributed by atoms with Crippen molar-refractivity contribution in [3.8, 4) is 0 Å². The van der Waals surface area contributed by atoms with Gasteiger partial charge in [0.25, 0.3) is 0 Å². The quantitative estimate of drug-likeness (QED) is 0.860. The number of amides is 2. The van der Waals surface area contributed by atoms with Gasteiger partial charge >= 0.3 is 0 Å². The van der Waals surface area contributed by atoms with E-state index in [0.29, 0.717) is 0 Å². The largest absolute Gasteiger partial charge is 0.367 e. The van der Waals surface area contributed by atoms with E-state index in [0.717, 1.165) is 31.4 Å². The number of carbonyl (C=O) groups is 2. The van der Waals surface area contributed by atoms with E-state index in [9.17, 15) is 9.59 Å². The van der Waals surface area contributed by atoms with Crippen LogP contribution < -0.4 is 5.32 Å². The van der Waals surface area contributed by atoms with Crippen molar-refractivity contribution in [1.29, 1.82) is 0 Å². The Kier molecular flexibility index (Phi) is 3.47. The molecule has 0 aromatic heterocycles.